The predicted molar refractivity (Wildman–Crippen MR) is 88.9 cm³/mol. The lowest BCUT2D eigenvalue weighted by molar-refractivity contribution is 0.679. The lowest BCUT2D eigenvalue weighted by Gasteiger charge is -2.04. The molecule has 4 nitrogen and oxygen atoms in total. The van der Waals surface area contributed by atoms with Crippen molar-refractivity contribution >= 4 is 21.6 Å². The number of aryl methyl sites for hydroxylation is 2. The van der Waals surface area contributed by atoms with Crippen LogP contribution in [-0.2, 0) is 13.0 Å². The topological polar surface area (TPSA) is 58.7 Å². The molecule has 0 unspecified atom stereocenters. The molecule has 0 amide bonds. The summed E-state index contributed by atoms with van der Waals surface area (Å²) in [5.41, 5.74) is 3.15. The second-order valence-electron chi connectivity index (χ2n) is 5.03. The van der Waals surface area contributed by atoms with Crippen LogP contribution in [0.2, 0.25) is 0 Å². The Hall–Kier alpha value is -2.45. The highest BCUT2D eigenvalue weighted by atomic mass is 32.1. The van der Waals surface area contributed by atoms with Crippen molar-refractivity contribution in [1.82, 2.24) is 9.55 Å². The van der Waals surface area contributed by atoms with Crippen molar-refractivity contribution in [2.45, 2.75) is 26.3 Å². The fraction of sp³-hybridized carbons (Fsp3) is 0.235. The molecule has 0 radical (unpaired) electrons. The number of nitriles is 1. The normalized spacial score (nSPS) is 10.7. The monoisotopic (exact) mass is 309 g/mol. The molecule has 0 spiro atoms. The van der Waals surface area contributed by atoms with Crippen LogP contribution in [0.25, 0.3) is 21.3 Å². The van der Waals surface area contributed by atoms with E-state index in [1.807, 2.05) is 17.5 Å². The van der Waals surface area contributed by atoms with E-state index < -0.39 is 0 Å². The van der Waals surface area contributed by atoms with Crippen molar-refractivity contribution in [2.75, 3.05) is 0 Å². The van der Waals surface area contributed by atoms with Gasteiger partial charge in [0.2, 0.25) is 0 Å². The largest absolute Gasteiger partial charge is 0.298 e. The fourth-order valence-corrected chi connectivity index (χ4v) is 3.34. The molecule has 0 aliphatic rings. The van der Waals surface area contributed by atoms with Crippen LogP contribution in [0.15, 0.2) is 40.8 Å². The third-order valence-electron chi connectivity index (χ3n) is 3.70. The Morgan fingerprint density at radius 3 is 2.77 bits per heavy atom. The summed E-state index contributed by atoms with van der Waals surface area (Å²) in [6, 6.07) is 10.3. The number of hydrogen-bond donors (Lipinski definition) is 0. The standard InChI is InChI=1S/C17H15N3OS/c1-2-12-4-6-13(7-5-12)14-10-22-16-15(14)17(21)20(11-19-16)9-3-8-18/h4-7,10-11H,2-3,9H2,1H3. The predicted octanol–water partition coefficient (Wildman–Crippen LogP) is 3.60. The smallest absolute Gasteiger partial charge is 0.262 e. The van der Waals surface area contributed by atoms with E-state index in [9.17, 15) is 4.79 Å². The highest BCUT2D eigenvalue weighted by Gasteiger charge is 2.13. The van der Waals surface area contributed by atoms with Crippen molar-refractivity contribution in [3.05, 3.63) is 51.9 Å². The SMILES string of the molecule is CCc1ccc(-c2csc3ncn(CCC#N)c(=O)c23)cc1. The van der Waals surface area contributed by atoms with Crippen LogP contribution in [0.4, 0.5) is 0 Å². The van der Waals surface area contributed by atoms with Crippen molar-refractivity contribution in [1.29, 1.82) is 5.26 Å². The van der Waals surface area contributed by atoms with E-state index in [-0.39, 0.29) is 5.56 Å². The number of benzene rings is 1. The van der Waals surface area contributed by atoms with E-state index in [4.69, 9.17) is 5.26 Å². The third-order valence-corrected chi connectivity index (χ3v) is 4.58. The summed E-state index contributed by atoms with van der Waals surface area (Å²) in [7, 11) is 0. The highest BCUT2D eigenvalue weighted by Crippen LogP contribution is 2.30. The molecule has 0 aliphatic heterocycles. The van der Waals surface area contributed by atoms with Crippen LogP contribution >= 0.6 is 11.3 Å². The molecule has 0 fully saturated rings. The third kappa shape index (κ3) is 2.53. The molecular weight excluding hydrogens is 294 g/mol. The molecule has 0 N–H and O–H groups in total. The van der Waals surface area contributed by atoms with E-state index in [2.05, 4.69) is 30.1 Å². The molecule has 0 bridgehead atoms. The Bertz CT molecular complexity index is 900. The summed E-state index contributed by atoms with van der Waals surface area (Å²) in [6.07, 6.45) is 2.83. The number of aromatic nitrogens is 2. The maximum Gasteiger partial charge on any atom is 0.262 e. The molecule has 0 saturated heterocycles. The Morgan fingerprint density at radius 1 is 1.32 bits per heavy atom. The molecule has 3 aromatic rings. The molecule has 0 atom stereocenters. The molecule has 0 aliphatic carbocycles. The average Bonchev–Trinajstić information content (AvgIpc) is 2.99. The van der Waals surface area contributed by atoms with Gasteiger partial charge in [0.1, 0.15) is 4.83 Å². The second kappa shape index (κ2) is 6.12. The van der Waals surface area contributed by atoms with Gasteiger partial charge in [0, 0.05) is 17.5 Å². The van der Waals surface area contributed by atoms with Gasteiger partial charge in [-0.25, -0.2) is 4.98 Å². The van der Waals surface area contributed by atoms with Gasteiger partial charge in [-0.05, 0) is 17.5 Å². The molecular formula is C17H15N3OS. The Labute approximate surface area is 132 Å². The first kappa shape index (κ1) is 14.5. The van der Waals surface area contributed by atoms with Gasteiger partial charge in [0.25, 0.3) is 5.56 Å². The van der Waals surface area contributed by atoms with Crippen LogP contribution in [0, 0.1) is 11.3 Å². The van der Waals surface area contributed by atoms with Gasteiger partial charge in [-0.3, -0.25) is 9.36 Å². The summed E-state index contributed by atoms with van der Waals surface area (Å²) in [5.74, 6) is 0. The van der Waals surface area contributed by atoms with Crippen LogP contribution in [0.1, 0.15) is 18.9 Å². The quantitative estimate of drug-likeness (QED) is 0.740. The zero-order chi connectivity index (χ0) is 15.5. The summed E-state index contributed by atoms with van der Waals surface area (Å²) in [6.45, 7) is 2.50. The molecule has 2 heterocycles. The van der Waals surface area contributed by atoms with Gasteiger partial charge in [-0.2, -0.15) is 5.26 Å². The maximum absolute atomic E-state index is 12.6. The van der Waals surface area contributed by atoms with Crippen molar-refractivity contribution in [3.63, 3.8) is 0 Å². The van der Waals surface area contributed by atoms with Gasteiger partial charge in [0.15, 0.2) is 0 Å². The van der Waals surface area contributed by atoms with Gasteiger partial charge in [-0.1, -0.05) is 31.2 Å². The van der Waals surface area contributed by atoms with E-state index in [0.717, 1.165) is 22.4 Å². The fourth-order valence-electron chi connectivity index (χ4n) is 2.43. The minimum Gasteiger partial charge on any atom is -0.298 e. The lowest BCUT2D eigenvalue weighted by Crippen LogP contribution is -2.20. The van der Waals surface area contributed by atoms with Gasteiger partial charge in [0.05, 0.1) is 24.2 Å². The summed E-state index contributed by atoms with van der Waals surface area (Å²) in [4.78, 5) is 17.7. The second-order valence-corrected chi connectivity index (χ2v) is 5.89. The van der Waals surface area contributed by atoms with E-state index in [1.165, 1.54) is 27.8 Å². The van der Waals surface area contributed by atoms with Crippen molar-refractivity contribution < 1.29 is 0 Å². The summed E-state index contributed by atoms with van der Waals surface area (Å²) < 4.78 is 1.52. The van der Waals surface area contributed by atoms with Gasteiger partial charge >= 0.3 is 0 Å². The van der Waals surface area contributed by atoms with Crippen LogP contribution < -0.4 is 5.56 Å². The first-order valence-corrected chi connectivity index (χ1v) is 8.05. The number of fused-ring (bicyclic) bond motifs is 1. The number of thiophene rings is 1. The number of rotatable bonds is 4. The van der Waals surface area contributed by atoms with Crippen molar-refractivity contribution in [3.8, 4) is 17.2 Å². The highest BCUT2D eigenvalue weighted by molar-refractivity contribution is 7.17. The Kier molecular flexibility index (Phi) is 4.03. The zero-order valence-corrected chi connectivity index (χ0v) is 13.1. The Balaban J connectivity index is 2.13. The molecule has 110 valence electrons. The number of hydrogen-bond acceptors (Lipinski definition) is 4. The lowest BCUT2D eigenvalue weighted by atomic mass is 10.0. The molecule has 2 aromatic heterocycles. The molecule has 5 heteroatoms. The van der Waals surface area contributed by atoms with Crippen LogP contribution in [0.3, 0.4) is 0 Å². The Morgan fingerprint density at radius 2 is 2.09 bits per heavy atom. The molecule has 3 rings (SSSR count). The van der Waals surface area contributed by atoms with Gasteiger partial charge < -0.3 is 0 Å². The molecule has 1 aromatic carbocycles. The first-order chi connectivity index (χ1) is 10.7. The summed E-state index contributed by atoms with van der Waals surface area (Å²) in [5, 5.41) is 11.3. The summed E-state index contributed by atoms with van der Waals surface area (Å²) >= 11 is 1.48. The maximum atomic E-state index is 12.6. The van der Waals surface area contributed by atoms with Crippen LogP contribution in [-0.4, -0.2) is 9.55 Å². The minimum absolute atomic E-state index is 0.0731. The van der Waals surface area contributed by atoms with Gasteiger partial charge in [-0.15, -0.1) is 11.3 Å². The van der Waals surface area contributed by atoms with Crippen molar-refractivity contribution in [2.24, 2.45) is 0 Å². The molecule has 22 heavy (non-hydrogen) atoms. The first-order valence-electron chi connectivity index (χ1n) is 7.17. The zero-order valence-electron chi connectivity index (χ0n) is 12.2. The van der Waals surface area contributed by atoms with E-state index in [1.54, 1.807) is 0 Å². The molecule has 0 saturated carbocycles. The van der Waals surface area contributed by atoms with E-state index >= 15 is 0 Å². The van der Waals surface area contributed by atoms with E-state index in [0.29, 0.717) is 18.4 Å². The van der Waals surface area contributed by atoms with Crippen LogP contribution in [0.5, 0.6) is 0 Å². The number of nitrogens with zero attached hydrogens (tertiary/aromatic N) is 3. The minimum atomic E-state index is -0.0731. The average molecular weight is 309 g/mol.